The molecular formula is C23H30BrN3O5S. The van der Waals surface area contributed by atoms with Crippen LogP contribution in [-0.2, 0) is 26.2 Å². The number of hydrogen-bond donors (Lipinski definition) is 1. The molecule has 180 valence electrons. The molecule has 0 aliphatic heterocycles. The van der Waals surface area contributed by atoms with Crippen LogP contribution in [-0.4, -0.2) is 57.6 Å². The number of nitrogens with zero attached hydrogens (tertiary/aromatic N) is 2. The number of amides is 2. The van der Waals surface area contributed by atoms with E-state index in [0.29, 0.717) is 12.3 Å². The van der Waals surface area contributed by atoms with Crippen molar-refractivity contribution in [1.82, 2.24) is 10.2 Å². The maximum atomic E-state index is 13.5. The highest BCUT2D eigenvalue weighted by atomic mass is 79.9. The molecule has 0 fully saturated rings. The van der Waals surface area contributed by atoms with E-state index in [0.717, 1.165) is 27.0 Å². The number of carbonyl (C=O) groups excluding carboxylic acids is 2. The highest BCUT2D eigenvalue weighted by molar-refractivity contribution is 9.10. The van der Waals surface area contributed by atoms with Gasteiger partial charge in [-0.1, -0.05) is 47.1 Å². The molecule has 10 heteroatoms. The van der Waals surface area contributed by atoms with Crippen LogP contribution in [0.5, 0.6) is 5.75 Å². The second-order valence-corrected chi connectivity index (χ2v) is 10.4. The number of benzene rings is 2. The number of ether oxygens (including phenoxy) is 1. The maximum absolute atomic E-state index is 13.5. The zero-order valence-corrected chi connectivity index (χ0v) is 21.6. The van der Waals surface area contributed by atoms with Crippen molar-refractivity contribution >= 4 is 43.5 Å². The third-order valence-corrected chi connectivity index (χ3v) is 6.67. The van der Waals surface area contributed by atoms with Crippen molar-refractivity contribution in [3.8, 4) is 5.75 Å². The van der Waals surface area contributed by atoms with Crippen molar-refractivity contribution in [2.24, 2.45) is 0 Å². The van der Waals surface area contributed by atoms with E-state index in [1.807, 2.05) is 31.2 Å². The van der Waals surface area contributed by atoms with Crippen LogP contribution in [0, 0.1) is 0 Å². The van der Waals surface area contributed by atoms with Gasteiger partial charge in [-0.3, -0.25) is 13.9 Å². The van der Waals surface area contributed by atoms with Crippen LogP contribution in [0.2, 0.25) is 0 Å². The Morgan fingerprint density at radius 3 is 2.33 bits per heavy atom. The van der Waals surface area contributed by atoms with Crippen LogP contribution in [0.15, 0.2) is 53.0 Å². The molecular weight excluding hydrogens is 510 g/mol. The number of hydrogen-bond acceptors (Lipinski definition) is 5. The van der Waals surface area contributed by atoms with Crippen molar-refractivity contribution in [2.45, 2.75) is 32.9 Å². The highest BCUT2D eigenvalue weighted by Gasteiger charge is 2.30. The first-order chi connectivity index (χ1) is 15.6. The lowest BCUT2D eigenvalue weighted by Gasteiger charge is -2.31. The number of rotatable bonds is 11. The average molecular weight is 540 g/mol. The third-order valence-electron chi connectivity index (χ3n) is 5.02. The lowest BCUT2D eigenvalue weighted by atomic mass is 10.1. The lowest BCUT2D eigenvalue weighted by molar-refractivity contribution is -0.139. The summed E-state index contributed by atoms with van der Waals surface area (Å²) in [4.78, 5) is 27.5. The van der Waals surface area contributed by atoms with Crippen molar-refractivity contribution < 1.29 is 22.7 Å². The topological polar surface area (TPSA) is 96.0 Å². The number of carbonyl (C=O) groups is 2. The van der Waals surface area contributed by atoms with Crippen molar-refractivity contribution in [2.75, 3.05) is 30.8 Å². The summed E-state index contributed by atoms with van der Waals surface area (Å²) >= 11 is 3.39. The Balaban J connectivity index is 2.39. The van der Waals surface area contributed by atoms with Crippen molar-refractivity contribution in [3.63, 3.8) is 0 Å². The van der Waals surface area contributed by atoms with Crippen LogP contribution < -0.4 is 14.4 Å². The van der Waals surface area contributed by atoms with Crippen molar-refractivity contribution in [1.29, 1.82) is 0 Å². The van der Waals surface area contributed by atoms with Gasteiger partial charge in [-0.05, 0) is 43.2 Å². The normalized spacial score (nSPS) is 12.0. The predicted molar refractivity (Wildman–Crippen MR) is 133 cm³/mol. The van der Waals surface area contributed by atoms with E-state index >= 15 is 0 Å². The summed E-state index contributed by atoms with van der Waals surface area (Å²) in [5, 5.41) is 2.80. The van der Waals surface area contributed by atoms with E-state index in [2.05, 4.69) is 21.2 Å². The fraction of sp³-hybridized carbons (Fsp3) is 0.391. The Hall–Kier alpha value is -2.59. The van der Waals surface area contributed by atoms with Crippen LogP contribution in [0.1, 0.15) is 25.8 Å². The molecule has 0 saturated heterocycles. The first kappa shape index (κ1) is 26.7. The fourth-order valence-electron chi connectivity index (χ4n) is 3.20. The van der Waals surface area contributed by atoms with Gasteiger partial charge in [0, 0.05) is 17.6 Å². The summed E-state index contributed by atoms with van der Waals surface area (Å²) in [6.07, 6.45) is 1.79. The second kappa shape index (κ2) is 12.0. The Labute approximate surface area is 204 Å². The Morgan fingerprint density at radius 1 is 1.12 bits per heavy atom. The Bertz CT molecular complexity index is 1060. The molecule has 0 bridgehead atoms. The van der Waals surface area contributed by atoms with E-state index in [1.54, 1.807) is 31.2 Å². The number of para-hydroxylation sites is 2. The quantitative estimate of drug-likeness (QED) is 0.473. The molecule has 0 aliphatic carbocycles. The number of nitrogens with one attached hydrogen (secondary N) is 1. The molecule has 2 aromatic rings. The molecule has 8 nitrogen and oxygen atoms in total. The molecule has 1 atom stereocenters. The first-order valence-corrected chi connectivity index (χ1v) is 13.1. The summed E-state index contributed by atoms with van der Waals surface area (Å²) < 4.78 is 32.4. The molecule has 2 amide bonds. The van der Waals surface area contributed by atoms with Crippen LogP contribution in [0.4, 0.5) is 5.69 Å². The van der Waals surface area contributed by atoms with Gasteiger partial charge in [0.25, 0.3) is 0 Å². The van der Waals surface area contributed by atoms with E-state index < -0.39 is 28.5 Å². The van der Waals surface area contributed by atoms with Crippen LogP contribution in [0.3, 0.4) is 0 Å². The molecule has 1 N–H and O–H groups in total. The van der Waals surface area contributed by atoms with Gasteiger partial charge in [0.1, 0.15) is 18.3 Å². The second-order valence-electron chi connectivity index (χ2n) is 7.56. The van der Waals surface area contributed by atoms with Crippen molar-refractivity contribution in [3.05, 3.63) is 58.6 Å². The average Bonchev–Trinajstić information content (AvgIpc) is 2.79. The summed E-state index contributed by atoms with van der Waals surface area (Å²) in [7, 11) is -2.39. The zero-order valence-electron chi connectivity index (χ0n) is 19.2. The monoisotopic (exact) mass is 539 g/mol. The number of anilines is 1. The highest BCUT2D eigenvalue weighted by Crippen LogP contribution is 2.29. The molecule has 0 heterocycles. The Morgan fingerprint density at radius 2 is 1.76 bits per heavy atom. The summed E-state index contributed by atoms with van der Waals surface area (Å²) in [6.45, 7) is 3.74. The molecule has 0 radical (unpaired) electrons. The van der Waals surface area contributed by atoms with Gasteiger partial charge in [0.2, 0.25) is 21.8 Å². The molecule has 33 heavy (non-hydrogen) atoms. The molecule has 0 spiro atoms. The summed E-state index contributed by atoms with van der Waals surface area (Å²) in [5.74, 6) is -0.483. The van der Waals surface area contributed by atoms with Gasteiger partial charge in [0.15, 0.2) is 0 Å². The molecule has 0 aliphatic rings. The molecule has 1 unspecified atom stereocenters. The minimum Gasteiger partial charge on any atom is -0.495 e. The lowest BCUT2D eigenvalue weighted by Crippen LogP contribution is -2.51. The standard InChI is InChI=1S/C23H30BrN3O5S/c1-5-14-25-23(29)17(2)26(15-18-10-12-19(24)13-11-18)22(28)16-27(33(4,30)31)20-8-6-7-9-21(20)32-3/h6-13,17H,5,14-16H2,1-4H3,(H,25,29). The minimum absolute atomic E-state index is 0.149. The van der Waals surface area contributed by atoms with Gasteiger partial charge >= 0.3 is 0 Å². The summed E-state index contributed by atoms with van der Waals surface area (Å²) in [5.41, 5.74) is 1.06. The zero-order chi connectivity index (χ0) is 24.6. The number of sulfonamides is 1. The van der Waals surface area contributed by atoms with Crippen LogP contribution in [0.25, 0.3) is 0 Å². The fourth-order valence-corrected chi connectivity index (χ4v) is 4.31. The molecule has 0 saturated carbocycles. The van der Waals surface area contributed by atoms with E-state index in [-0.39, 0.29) is 18.1 Å². The van der Waals surface area contributed by atoms with E-state index in [4.69, 9.17) is 4.74 Å². The van der Waals surface area contributed by atoms with Gasteiger partial charge in [0.05, 0.1) is 19.1 Å². The van der Waals surface area contributed by atoms with Gasteiger partial charge in [-0.25, -0.2) is 8.42 Å². The van der Waals surface area contributed by atoms with Crippen LogP contribution >= 0.6 is 15.9 Å². The Kier molecular flexibility index (Phi) is 9.72. The van der Waals surface area contributed by atoms with E-state index in [1.165, 1.54) is 12.0 Å². The SMILES string of the molecule is CCCNC(=O)C(C)N(Cc1ccc(Br)cc1)C(=O)CN(c1ccccc1OC)S(C)(=O)=O. The van der Waals surface area contributed by atoms with Gasteiger partial charge < -0.3 is 15.0 Å². The van der Waals surface area contributed by atoms with Gasteiger partial charge in [-0.15, -0.1) is 0 Å². The number of methoxy groups -OCH3 is 1. The smallest absolute Gasteiger partial charge is 0.244 e. The molecule has 2 aromatic carbocycles. The largest absolute Gasteiger partial charge is 0.495 e. The third kappa shape index (κ3) is 7.46. The predicted octanol–water partition coefficient (Wildman–Crippen LogP) is 3.17. The maximum Gasteiger partial charge on any atom is 0.244 e. The first-order valence-electron chi connectivity index (χ1n) is 10.5. The summed E-state index contributed by atoms with van der Waals surface area (Å²) in [6, 6.07) is 13.2. The van der Waals surface area contributed by atoms with E-state index in [9.17, 15) is 18.0 Å². The molecule has 2 rings (SSSR count). The minimum atomic E-state index is -3.82. The number of halogens is 1. The molecule has 0 aromatic heterocycles. The van der Waals surface area contributed by atoms with Gasteiger partial charge in [-0.2, -0.15) is 0 Å².